The lowest BCUT2D eigenvalue weighted by Gasteiger charge is -2.17. The number of amides is 1. The molecule has 1 rings (SSSR count). The molecule has 5 heteroatoms. The summed E-state index contributed by atoms with van der Waals surface area (Å²) in [5.74, 6) is 0.154. The van der Waals surface area contributed by atoms with E-state index in [1.165, 1.54) is 0 Å². The maximum absolute atomic E-state index is 11.8. The maximum Gasteiger partial charge on any atom is 0.224 e. The molecule has 0 saturated carbocycles. The van der Waals surface area contributed by atoms with Gasteiger partial charge >= 0.3 is 0 Å². The van der Waals surface area contributed by atoms with E-state index < -0.39 is 0 Å². The lowest BCUT2D eigenvalue weighted by Crippen LogP contribution is -2.29. The van der Waals surface area contributed by atoms with Crippen LogP contribution >= 0.6 is 23.2 Å². The Labute approximate surface area is 124 Å². The number of nitrogens with one attached hydrogen (secondary N) is 1. The number of rotatable bonds is 7. The van der Waals surface area contributed by atoms with Gasteiger partial charge < -0.3 is 10.2 Å². The smallest absolute Gasteiger partial charge is 0.224 e. The normalized spacial score (nSPS) is 10.3. The Morgan fingerprint density at radius 1 is 1.32 bits per heavy atom. The van der Waals surface area contributed by atoms with Crippen molar-refractivity contribution in [2.75, 3.05) is 25.5 Å². The molecular formula is C14H20Cl2N2O. The van der Waals surface area contributed by atoms with Gasteiger partial charge in [-0.15, -0.1) is 0 Å². The minimum atomic E-state index is 0.154. The average molecular weight is 303 g/mol. The third-order valence-electron chi connectivity index (χ3n) is 2.86. The molecule has 1 amide bonds. The molecule has 1 N–H and O–H groups in total. The van der Waals surface area contributed by atoms with Crippen molar-refractivity contribution < 1.29 is 4.79 Å². The second-order valence-corrected chi connectivity index (χ2v) is 5.29. The minimum absolute atomic E-state index is 0.154. The summed E-state index contributed by atoms with van der Waals surface area (Å²) in [6.45, 7) is 3.53. The van der Waals surface area contributed by atoms with Gasteiger partial charge in [-0.2, -0.15) is 0 Å². The fraction of sp³-hybridized carbons (Fsp3) is 0.500. The van der Waals surface area contributed by atoms with Crippen molar-refractivity contribution in [3.05, 3.63) is 28.2 Å². The fourth-order valence-electron chi connectivity index (χ4n) is 1.63. The molecule has 0 atom stereocenters. The fourth-order valence-corrected chi connectivity index (χ4v) is 1.93. The van der Waals surface area contributed by atoms with Crippen molar-refractivity contribution in [2.45, 2.75) is 26.2 Å². The highest BCUT2D eigenvalue weighted by Gasteiger charge is 2.07. The van der Waals surface area contributed by atoms with E-state index in [1.54, 1.807) is 17.0 Å². The van der Waals surface area contributed by atoms with Crippen LogP contribution in [0.25, 0.3) is 0 Å². The predicted octanol–water partition coefficient (Wildman–Crippen LogP) is 4.05. The van der Waals surface area contributed by atoms with Gasteiger partial charge in [0.05, 0.1) is 10.0 Å². The van der Waals surface area contributed by atoms with Crippen molar-refractivity contribution in [3.8, 4) is 0 Å². The predicted molar refractivity (Wildman–Crippen MR) is 82.1 cm³/mol. The number of nitrogens with zero attached hydrogens (tertiary/aromatic N) is 1. The van der Waals surface area contributed by atoms with Gasteiger partial charge in [0.2, 0.25) is 5.91 Å². The Hall–Kier alpha value is -0.930. The van der Waals surface area contributed by atoms with E-state index in [2.05, 4.69) is 12.2 Å². The number of unbranched alkanes of at least 4 members (excludes halogenated alkanes) is 1. The number of hydrogen-bond donors (Lipinski definition) is 1. The second-order valence-electron chi connectivity index (χ2n) is 4.47. The van der Waals surface area contributed by atoms with Gasteiger partial charge in [0.25, 0.3) is 0 Å². The molecule has 0 unspecified atom stereocenters. The molecule has 0 aliphatic carbocycles. The quantitative estimate of drug-likeness (QED) is 0.824. The van der Waals surface area contributed by atoms with Crippen LogP contribution in [0.5, 0.6) is 0 Å². The zero-order valence-electron chi connectivity index (χ0n) is 11.4. The number of hydrogen-bond acceptors (Lipinski definition) is 2. The summed E-state index contributed by atoms with van der Waals surface area (Å²) in [6, 6.07) is 5.34. The van der Waals surface area contributed by atoms with E-state index in [9.17, 15) is 4.79 Å². The Morgan fingerprint density at radius 3 is 2.68 bits per heavy atom. The highest BCUT2D eigenvalue weighted by Crippen LogP contribution is 2.24. The molecule has 0 aromatic heterocycles. The van der Waals surface area contributed by atoms with Crippen LogP contribution < -0.4 is 5.32 Å². The molecule has 1 aromatic rings. The number of halogens is 2. The van der Waals surface area contributed by atoms with Crippen LogP contribution in [-0.4, -0.2) is 30.9 Å². The highest BCUT2D eigenvalue weighted by molar-refractivity contribution is 6.42. The summed E-state index contributed by atoms with van der Waals surface area (Å²) in [7, 11) is 1.84. The van der Waals surface area contributed by atoms with Crippen LogP contribution in [0.3, 0.4) is 0 Å². The van der Waals surface area contributed by atoms with Gasteiger partial charge in [0.1, 0.15) is 0 Å². The molecule has 0 saturated heterocycles. The van der Waals surface area contributed by atoms with Crippen LogP contribution in [0.4, 0.5) is 5.69 Å². The molecule has 0 aliphatic heterocycles. The van der Waals surface area contributed by atoms with Crippen molar-refractivity contribution in [2.24, 2.45) is 0 Å². The van der Waals surface area contributed by atoms with Gasteiger partial charge in [-0.05, 0) is 24.6 Å². The average Bonchev–Trinajstić information content (AvgIpc) is 2.39. The molecule has 0 bridgehead atoms. The van der Waals surface area contributed by atoms with Gasteiger partial charge in [0.15, 0.2) is 0 Å². The number of anilines is 1. The Balaban J connectivity index is 2.33. The highest BCUT2D eigenvalue weighted by atomic mass is 35.5. The summed E-state index contributed by atoms with van der Waals surface area (Å²) < 4.78 is 0. The van der Waals surface area contributed by atoms with Gasteiger partial charge in [-0.1, -0.05) is 36.5 Å². The molecule has 0 aliphatic rings. The Kier molecular flexibility index (Phi) is 7.03. The van der Waals surface area contributed by atoms with Gasteiger partial charge in [-0.25, -0.2) is 0 Å². The van der Waals surface area contributed by atoms with Crippen molar-refractivity contribution in [1.29, 1.82) is 0 Å². The third-order valence-corrected chi connectivity index (χ3v) is 3.60. The number of benzene rings is 1. The summed E-state index contributed by atoms with van der Waals surface area (Å²) in [6.07, 6.45) is 2.61. The SMILES string of the molecule is CCCCN(C)C(=O)CCNc1ccc(Cl)c(Cl)c1. The first kappa shape index (κ1) is 16.1. The van der Waals surface area contributed by atoms with Crippen molar-refractivity contribution in [1.82, 2.24) is 4.90 Å². The molecule has 19 heavy (non-hydrogen) atoms. The Morgan fingerprint density at radius 2 is 2.05 bits per heavy atom. The molecule has 106 valence electrons. The topological polar surface area (TPSA) is 32.3 Å². The summed E-state index contributed by atoms with van der Waals surface area (Å²) in [4.78, 5) is 13.6. The van der Waals surface area contributed by atoms with E-state index in [1.807, 2.05) is 13.1 Å². The molecule has 0 radical (unpaired) electrons. The van der Waals surface area contributed by atoms with Crippen LogP contribution in [-0.2, 0) is 4.79 Å². The van der Waals surface area contributed by atoms with Gasteiger partial charge in [0, 0.05) is 32.2 Å². The van der Waals surface area contributed by atoms with E-state index in [0.29, 0.717) is 23.0 Å². The monoisotopic (exact) mass is 302 g/mol. The summed E-state index contributed by atoms with van der Waals surface area (Å²) >= 11 is 11.8. The third kappa shape index (κ3) is 5.70. The van der Waals surface area contributed by atoms with Crippen LogP contribution in [0.2, 0.25) is 10.0 Å². The van der Waals surface area contributed by atoms with E-state index >= 15 is 0 Å². The Bertz CT molecular complexity index is 424. The zero-order chi connectivity index (χ0) is 14.3. The van der Waals surface area contributed by atoms with E-state index in [4.69, 9.17) is 23.2 Å². The zero-order valence-corrected chi connectivity index (χ0v) is 12.9. The first-order valence-corrected chi connectivity index (χ1v) is 7.23. The molecule has 1 aromatic carbocycles. The maximum atomic E-state index is 11.8. The van der Waals surface area contributed by atoms with Crippen LogP contribution in [0.15, 0.2) is 18.2 Å². The molecule has 3 nitrogen and oxygen atoms in total. The first-order chi connectivity index (χ1) is 9.04. The molecule has 0 heterocycles. The van der Waals surface area contributed by atoms with Crippen LogP contribution in [0, 0.1) is 0 Å². The van der Waals surface area contributed by atoms with E-state index in [-0.39, 0.29) is 5.91 Å². The first-order valence-electron chi connectivity index (χ1n) is 6.47. The molecule has 0 fully saturated rings. The summed E-state index contributed by atoms with van der Waals surface area (Å²) in [5, 5.41) is 4.21. The van der Waals surface area contributed by atoms with Gasteiger partial charge in [-0.3, -0.25) is 4.79 Å². The summed E-state index contributed by atoms with van der Waals surface area (Å²) in [5.41, 5.74) is 0.874. The number of carbonyl (C=O) groups is 1. The molecular weight excluding hydrogens is 283 g/mol. The van der Waals surface area contributed by atoms with Crippen molar-refractivity contribution >= 4 is 34.8 Å². The lowest BCUT2D eigenvalue weighted by molar-refractivity contribution is -0.129. The lowest BCUT2D eigenvalue weighted by atomic mass is 10.3. The number of carbonyl (C=O) groups excluding carboxylic acids is 1. The van der Waals surface area contributed by atoms with Crippen molar-refractivity contribution in [3.63, 3.8) is 0 Å². The van der Waals surface area contributed by atoms with E-state index in [0.717, 1.165) is 25.1 Å². The largest absolute Gasteiger partial charge is 0.384 e. The molecule has 0 spiro atoms. The van der Waals surface area contributed by atoms with Crippen LogP contribution in [0.1, 0.15) is 26.2 Å². The standard InChI is InChI=1S/C14H20Cl2N2O/c1-3-4-9-18(2)14(19)7-8-17-11-5-6-12(15)13(16)10-11/h5-6,10,17H,3-4,7-9H2,1-2H3. The second kappa shape index (κ2) is 8.28. The minimum Gasteiger partial charge on any atom is -0.384 e.